The van der Waals surface area contributed by atoms with Gasteiger partial charge in [0.05, 0.1) is 32.0 Å². The maximum Gasteiger partial charge on any atom is 0.472 e. The second-order valence-corrected chi connectivity index (χ2v) is 16.6. The van der Waals surface area contributed by atoms with Gasteiger partial charge in [0.1, 0.15) is 12.7 Å². The van der Waals surface area contributed by atoms with Gasteiger partial charge < -0.3 is 34.8 Å². The average Bonchev–Trinajstić information content (AvgIpc) is 3.16. The number of rotatable bonds is 39. The van der Waals surface area contributed by atoms with E-state index in [1.165, 1.54) is 70.6 Å². The van der Waals surface area contributed by atoms with Gasteiger partial charge in [-0.1, -0.05) is 141 Å². The number of hydrogen-bond acceptors (Lipinski definition) is 11. The van der Waals surface area contributed by atoms with Crippen LogP contribution in [0.3, 0.4) is 0 Å². The molecule has 0 saturated carbocycles. The van der Waals surface area contributed by atoms with E-state index in [2.05, 4.69) is 49.6 Å². The van der Waals surface area contributed by atoms with E-state index < -0.39 is 70.6 Å². The minimum atomic E-state index is -4.68. The summed E-state index contributed by atoms with van der Waals surface area (Å²) in [5, 5.41) is 39.0. The molecule has 0 amide bonds. The summed E-state index contributed by atoms with van der Waals surface area (Å²) in [5.74, 6) is -0.428. The van der Waals surface area contributed by atoms with E-state index in [-0.39, 0.29) is 32.1 Å². The number of esters is 2. The number of aliphatic hydroxyl groups excluding tert-OH is 4. The molecule has 13 heteroatoms. The minimum absolute atomic E-state index is 0.0715. The van der Waals surface area contributed by atoms with Gasteiger partial charge in [-0.25, -0.2) is 4.57 Å². The first-order valence-electron chi connectivity index (χ1n) is 21.5. The highest BCUT2D eigenvalue weighted by molar-refractivity contribution is 7.47. The van der Waals surface area contributed by atoms with Crippen LogP contribution < -0.4 is 0 Å². The largest absolute Gasteiger partial charge is 0.472 e. The van der Waals surface area contributed by atoms with Gasteiger partial charge in [-0.05, 0) is 57.3 Å². The Bertz CT molecular complexity index is 1080. The van der Waals surface area contributed by atoms with Gasteiger partial charge >= 0.3 is 19.8 Å². The number of phosphoric acid groups is 1. The molecule has 0 rings (SSSR count). The Labute approximate surface area is 338 Å². The standard InChI is InChI=1S/C43H79O12P/c1-4-5-6-7-8-9-10-13-16-19-22-25-29-40(46)41(47)30-27-32-42(48)52-35-39(36-54-56(50,51)53-34-38(45)33-44)55-43(49)31-26-23-20-17-14-11-12-15-18-21-24-28-37(2)3/h8-9,13,16,22,25,37-41,44-47H,4-7,10-12,14-15,17-21,23-24,26-36H2,1-3H3,(H,50,51)/b9-8-,16-13-,25-22-/t38-,39+,40?,41?/m0/s1. The summed E-state index contributed by atoms with van der Waals surface area (Å²) in [6.07, 6.45) is 28.6. The fourth-order valence-corrected chi connectivity index (χ4v) is 6.48. The van der Waals surface area contributed by atoms with Crippen molar-refractivity contribution < 1.29 is 58.0 Å². The van der Waals surface area contributed by atoms with Crippen LogP contribution in [0, 0.1) is 5.92 Å². The van der Waals surface area contributed by atoms with E-state index in [9.17, 15) is 34.4 Å². The molecule has 5 atom stereocenters. The molecule has 0 aromatic heterocycles. The number of carbonyl (C=O) groups is 2. The van der Waals surface area contributed by atoms with Gasteiger partial charge in [-0.2, -0.15) is 0 Å². The van der Waals surface area contributed by atoms with Gasteiger partial charge in [-0.15, -0.1) is 0 Å². The normalized spacial score (nSPS) is 15.4. The minimum Gasteiger partial charge on any atom is -0.462 e. The van der Waals surface area contributed by atoms with Gasteiger partial charge in [-0.3, -0.25) is 18.6 Å². The van der Waals surface area contributed by atoms with Crippen LogP contribution in [-0.2, 0) is 32.7 Å². The third-order valence-electron chi connectivity index (χ3n) is 9.18. The van der Waals surface area contributed by atoms with Crippen molar-refractivity contribution >= 4 is 19.8 Å². The van der Waals surface area contributed by atoms with Crippen LogP contribution in [0.25, 0.3) is 0 Å². The van der Waals surface area contributed by atoms with Crippen molar-refractivity contribution in [3.05, 3.63) is 36.5 Å². The van der Waals surface area contributed by atoms with Gasteiger partial charge in [0.15, 0.2) is 6.10 Å². The molecule has 5 N–H and O–H groups in total. The first-order chi connectivity index (χ1) is 26.9. The number of unbranched alkanes of at least 4 members (excludes halogenated alkanes) is 13. The van der Waals surface area contributed by atoms with Gasteiger partial charge in [0.2, 0.25) is 0 Å². The number of carbonyl (C=O) groups excluding carboxylic acids is 2. The predicted octanol–water partition coefficient (Wildman–Crippen LogP) is 8.97. The van der Waals surface area contributed by atoms with Crippen molar-refractivity contribution in [3.8, 4) is 0 Å². The Morgan fingerprint density at radius 2 is 1.18 bits per heavy atom. The maximum absolute atomic E-state index is 12.6. The zero-order chi connectivity index (χ0) is 41.7. The molecule has 0 spiro atoms. The molecule has 0 heterocycles. The summed E-state index contributed by atoms with van der Waals surface area (Å²) >= 11 is 0. The number of phosphoric ester groups is 1. The molecule has 328 valence electrons. The van der Waals surface area contributed by atoms with Crippen molar-refractivity contribution in [2.24, 2.45) is 5.92 Å². The molecule has 0 fully saturated rings. The molecule has 0 radical (unpaired) electrons. The SMILES string of the molecule is CCCCC/C=C\C/C=C\C/C=C\CC(O)C(O)CCCC(=O)OC[C@H](COP(=O)(O)OC[C@@H](O)CO)OC(=O)CCCCCCCCCCCCCC(C)C. The van der Waals surface area contributed by atoms with Crippen molar-refractivity contribution in [1.29, 1.82) is 0 Å². The molecule has 0 bridgehead atoms. The quantitative estimate of drug-likeness (QED) is 0.0172. The smallest absolute Gasteiger partial charge is 0.462 e. The van der Waals surface area contributed by atoms with Crippen molar-refractivity contribution in [3.63, 3.8) is 0 Å². The summed E-state index contributed by atoms with van der Waals surface area (Å²) in [6, 6.07) is 0. The number of aliphatic hydroxyl groups is 4. The van der Waals surface area contributed by atoms with Crippen molar-refractivity contribution in [2.45, 2.75) is 193 Å². The van der Waals surface area contributed by atoms with Gasteiger partial charge in [0.25, 0.3) is 0 Å². The van der Waals surface area contributed by atoms with Crippen LogP contribution in [0.4, 0.5) is 0 Å². The monoisotopic (exact) mass is 819 g/mol. The molecule has 0 aliphatic carbocycles. The maximum atomic E-state index is 12.6. The molecular weight excluding hydrogens is 739 g/mol. The van der Waals surface area contributed by atoms with E-state index in [4.69, 9.17) is 19.1 Å². The second kappa shape index (κ2) is 37.4. The van der Waals surface area contributed by atoms with Crippen LogP contribution in [0.15, 0.2) is 36.5 Å². The zero-order valence-electron chi connectivity index (χ0n) is 35.0. The molecule has 0 saturated heterocycles. The third-order valence-corrected chi connectivity index (χ3v) is 10.1. The molecule has 0 aliphatic rings. The predicted molar refractivity (Wildman–Crippen MR) is 222 cm³/mol. The number of hydrogen-bond donors (Lipinski definition) is 5. The van der Waals surface area contributed by atoms with E-state index in [1.54, 1.807) is 0 Å². The lowest BCUT2D eigenvalue weighted by molar-refractivity contribution is -0.161. The summed E-state index contributed by atoms with van der Waals surface area (Å²) < 4.78 is 32.5. The lowest BCUT2D eigenvalue weighted by Gasteiger charge is -2.20. The van der Waals surface area contributed by atoms with Crippen LogP contribution >= 0.6 is 7.82 Å². The Balaban J connectivity index is 4.54. The summed E-state index contributed by atoms with van der Waals surface area (Å²) in [7, 11) is -4.68. The van der Waals surface area contributed by atoms with Gasteiger partial charge in [0, 0.05) is 12.8 Å². The van der Waals surface area contributed by atoms with Crippen LogP contribution in [-0.4, -0.2) is 88.1 Å². The zero-order valence-corrected chi connectivity index (χ0v) is 35.9. The Hall–Kier alpha value is -1.89. The van der Waals surface area contributed by atoms with Crippen molar-refractivity contribution in [1.82, 2.24) is 0 Å². The molecular formula is C43H79O12P. The Morgan fingerprint density at radius 1 is 0.625 bits per heavy atom. The summed E-state index contributed by atoms with van der Waals surface area (Å²) in [4.78, 5) is 35.0. The first-order valence-corrected chi connectivity index (χ1v) is 23.0. The molecule has 0 aliphatic heterocycles. The highest BCUT2D eigenvalue weighted by Gasteiger charge is 2.27. The molecule has 3 unspecified atom stereocenters. The highest BCUT2D eigenvalue weighted by atomic mass is 31.2. The molecule has 56 heavy (non-hydrogen) atoms. The first kappa shape index (κ1) is 54.1. The summed E-state index contributed by atoms with van der Waals surface area (Å²) in [5.41, 5.74) is 0. The van der Waals surface area contributed by atoms with Crippen molar-refractivity contribution in [2.75, 3.05) is 26.4 Å². The molecule has 0 aromatic carbocycles. The topological polar surface area (TPSA) is 189 Å². The third kappa shape index (κ3) is 36.5. The highest BCUT2D eigenvalue weighted by Crippen LogP contribution is 2.43. The fraction of sp³-hybridized carbons (Fsp3) is 0.814. The molecule has 0 aromatic rings. The number of ether oxygens (including phenoxy) is 2. The Morgan fingerprint density at radius 3 is 1.79 bits per heavy atom. The lowest BCUT2D eigenvalue weighted by atomic mass is 10.0. The van der Waals surface area contributed by atoms with E-state index in [0.29, 0.717) is 6.42 Å². The van der Waals surface area contributed by atoms with Crippen LogP contribution in [0.5, 0.6) is 0 Å². The van der Waals surface area contributed by atoms with E-state index in [0.717, 1.165) is 44.4 Å². The van der Waals surface area contributed by atoms with E-state index >= 15 is 0 Å². The second-order valence-electron chi connectivity index (χ2n) is 15.2. The lowest BCUT2D eigenvalue weighted by Crippen LogP contribution is -2.30. The summed E-state index contributed by atoms with van der Waals surface area (Å²) in [6.45, 7) is 4.32. The number of allylic oxidation sites excluding steroid dienone is 5. The van der Waals surface area contributed by atoms with Crippen LogP contribution in [0.1, 0.15) is 168 Å². The molecule has 12 nitrogen and oxygen atoms in total. The Kier molecular flexibility index (Phi) is 36.1. The fourth-order valence-electron chi connectivity index (χ4n) is 5.69. The van der Waals surface area contributed by atoms with E-state index in [1.807, 2.05) is 12.2 Å². The average molecular weight is 819 g/mol. The van der Waals surface area contributed by atoms with Crippen LogP contribution in [0.2, 0.25) is 0 Å².